The molecule has 2 heteroatoms. The Morgan fingerprint density at radius 3 is 1.68 bits per heavy atom. The highest BCUT2D eigenvalue weighted by molar-refractivity contribution is 4.93. The lowest BCUT2D eigenvalue weighted by Crippen LogP contribution is -2.06. The molecule has 0 spiro atoms. The van der Waals surface area contributed by atoms with Gasteiger partial charge >= 0.3 is 0 Å². The van der Waals surface area contributed by atoms with Crippen LogP contribution in [-0.4, -0.2) is 11.1 Å². The van der Waals surface area contributed by atoms with Crippen LogP contribution in [0.15, 0.2) is 29.5 Å². The molecule has 2 nitrogen and oxygen atoms in total. The Morgan fingerprint density at radius 2 is 1.12 bits per heavy atom. The summed E-state index contributed by atoms with van der Waals surface area (Å²) >= 11 is 0. The molecular formula is C23H42N2. The minimum absolute atomic E-state index is 0.982. The number of nitrogens with zero attached hydrogens (tertiary/aromatic N) is 2. The summed E-state index contributed by atoms with van der Waals surface area (Å²) in [4.78, 5) is 4.71. The Kier molecular flexibility index (Phi) is 14.4. The molecule has 0 aliphatic rings. The maximum absolute atomic E-state index is 4.71. The van der Waals surface area contributed by atoms with Crippen LogP contribution < -0.4 is 5.36 Å². The van der Waals surface area contributed by atoms with Crippen LogP contribution in [-0.2, 0) is 6.54 Å². The van der Waals surface area contributed by atoms with Crippen molar-refractivity contribution in [3.8, 4) is 0 Å². The van der Waals surface area contributed by atoms with Crippen LogP contribution in [0.1, 0.15) is 104 Å². The fraction of sp³-hybridized carbons (Fsp3) is 0.783. The van der Waals surface area contributed by atoms with Crippen molar-refractivity contribution in [1.82, 2.24) is 4.57 Å². The van der Waals surface area contributed by atoms with Crippen LogP contribution in [0.4, 0.5) is 0 Å². The molecule has 1 rings (SSSR count). The van der Waals surface area contributed by atoms with Gasteiger partial charge < -0.3 is 4.57 Å². The summed E-state index contributed by atoms with van der Waals surface area (Å²) in [6.07, 6.45) is 23.5. The second-order valence-electron chi connectivity index (χ2n) is 7.42. The molecule has 25 heavy (non-hydrogen) atoms. The van der Waals surface area contributed by atoms with E-state index < -0.39 is 0 Å². The predicted octanol–water partition coefficient (Wildman–Crippen LogP) is 6.89. The molecule has 1 aromatic heterocycles. The summed E-state index contributed by atoms with van der Waals surface area (Å²) in [6, 6.07) is 4.34. The highest BCUT2D eigenvalue weighted by Gasteiger charge is 1.93. The monoisotopic (exact) mass is 346 g/mol. The van der Waals surface area contributed by atoms with Gasteiger partial charge in [-0.1, -0.05) is 90.9 Å². The molecule has 0 amide bonds. The number of hydrogen-bond donors (Lipinski definition) is 0. The minimum atomic E-state index is 0.982. The quantitative estimate of drug-likeness (QED) is 0.290. The Hall–Kier alpha value is -1.05. The molecule has 0 aliphatic carbocycles. The van der Waals surface area contributed by atoms with Crippen molar-refractivity contribution in [2.24, 2.45) is 4.99 Å². The Labute approximate surface area is 156 Å². The molecule has 144 valence electrons. The van der Waals surface area contributed by atoms with Crippen LogP contribution in [0, 0.1) is 0 Å². The van der Waals surface area contributed by atoms with Crippen molar-refractivity contribution in [2.75, 3.05) is 6.54 Å². The molecule has 0 bridgehead atoms. The molecule has 0 atom stereocenters. The fourth-order valence-corrected chi connectivity index (χ4v) is 3.23. The standard InChI is InChI=1S/C23H42N2/c1-3-5-7-9-11-13-15-19-24-23-17-21-25(22-18-23)20-16-14-12-10-8-6-4-2/h17-18,21-22H,3-16,19-20H2,1-2H3. The van der Waals surface area contributed by atoms with E-state index in [9.17, 15) is 0 Å². The molecule has 0 aromatic carbocycles. The fourth-order valence-electron chi connectivity index (χ4n) is 3.23. The van der Waals surface area contributed by atoms with Crippen molar-refractivity contribution in [3.63, 3.8) is 0 Å². The molecule has 0 N–H and O–H groups in total. The molecule has 0 radical (unpaired) electrons. The number of aryl methyl sites for hydroxylation is 1. The topological polar surface area (TPSA) is 17.3 Å². The molecule has 1 aromatic rings. The van der Waals surface area contributed by atoms with Gasteiger partial charge in [0.1, 0.15) is 0 Å². The molecule has 1 heterocycles. The number of unbranched alkanes of at least 4 members (excludes halogenated alkanes) is 12. The average molecular weight is 347 g/mol. The molecule has 0 saturated carbocycles. The first-order valence-corrected chi connectivity index (χ1v) is 11.0. The zero-order chi connectivity index (χ0) is 18.0. The molecular weight excluding hydrogens is 304 g/mol. The SMILES string of the molecule is CCCCCCCCCN=c1ccn(CCCCCCCCC)cc1. The first-order valence-electron chi connectivity index (χ1n) is 11.0. The average Bonchev–Trinajstić information content (AvgIpc) is 2.64. The van der Waals surface area contributed by atoms with E-state index in [1.807, 2.05) is 0 Å². The third-order valence-electron chi connectivity index (χ3n) is 4.95. The van der Waals surface area contributed by atoms with Gasteiger partial charge in [-0.25, -0.2) is 0 Å². The molecule has 0 fully saturated rings. The van der Waals surface area contributed by atoms with Gasteiger partial charge in [0, 0.05) is 25.5 Å². The Balaban J connectivity index is 2.08. The van der Waals surface area contributed by atoms with E-state index >= 15 is 0 Å². The van der Waals surface area contributed by atoms with Crippen molar-refractivity contribution >= 4 is 0 Å². The summed E-state index contributed by atoms with van der Waals surface area (Å²) in [5.74, 6) is 0. The predicted molar refractivity (Wildman–Crippen MR) is 111 cm³/mol. The maximum Gasteiger partial charge on any atom is 0.0603 e. The van der Waals surface area contributed by atoms with Gasteiger partial charge in [-0.05, 0) is 25.0 Å². The zero-order valence-corrected chi connectivity index (χ0v) is 17.0. The smallest absolute Gasteiger partial charge is 0.0603 e. The van der Waals surface area contributed by atoms with E-state index in [2.05, 4.69) is 42.9 Å². The van der Waals surface area contributed by atoms with Crippen molar-refractivity contribution in [1.29, 1.82) is 0 Å². The van der Waals surface area contributed by atoms with Gasteiger partial charge in [0.2, 0.25) is 0 Å². The first kappa shape index (κ1) is 22.0. The highest BCUT2D eigenvalue weighted by atomic mass is 14.9. The van der Waals surface area contributed by atoms with Crippen molar-refractivity contribution in [3.05, 3.63) is 29.9 Å². The van der Waals surface area contributed by atoms with Crippen LogP contribution in [0.3, 0.4) is 0 Å². The van der Waals surface area contributed by atoms with Crippen LogP contribution in [0.5, 0.6) is 0 Å². The lowest BCUT2D eigenvalue weighted by Gasteiger charge is -2.06. The van der Waals surface area contributed by atoms with E-state index in [4.69, 9.17) is 4.99 Å². The molecule has 0 unspecified atom stereocenters. The second-order valence-corrected chi connectivity index (χ2v) is 7.42. The number of hydrogen-bond acceptors (Lipinski definition) is 1. The Morgan fingerprint density at radius 1 is 0.640 bits per heavy atom. The third-order valence-corrected chi connectivity index (χ3v) is 4.95. The summed E-state index contributed by atoms with van der Waals surface area (Å²) in [5, 5.41) is 1.14. The number of pyridine rings is 1. The van der Waals surface area contributed by atoms with Gasteiger partial charge in [0.05, 0.1) is 5.36 Å². The van der Waals surface area contributed by atoms with Crippen LogP contribution in [0.25, 0.3) is 0 Å². The maximum atomic E-state index is 4.71. The van der Waals surface area contributed by atoms with E-state index in [0.29, 0.717) is 0 Å². The second kappa shape index (κ2) is 16.4. The van der Waals surface area contributed by atoms with E-state index in [1.165, 1.54) is 89.9 Å². The molecule has 0 saturated heterocycles. The summed E-state index contributed by atoms with van der Waals surface area (Å²) < 4.78 is 2.30. The van der Waals surface area contributed by atoms with Gasteiger partial charge in [-0.2, -0.15) is 0 Å². The molecule has 0 aliphatic heterocycles. The van der Waals surface area contributed by atoms with Gasteiger partial charge in [0.25, 0.3) is 0 Å². The lowest BCUT2D eigenvalue weighted by molar-refractivity contribution is 0.548. The minimum Gasteiger partial charge on any atom is -0.354 e. The first-order chi connectivity index (χ1) is 12.4. The lowest BCUT2D eigenvalue weighted by atomic mass is 10.1. The number of aromatic nitrogens is 1. The third kappa shape index (κ3) is 12.9. The van der Waals surface area contributed by atoms with Crippen LogP contribution >= 0.6 is 0 Å². The summed E-state index contributed by atoms with van der Waals surface area (Å²) in [7, 11) is 0. The largest absolute Gasteiger partial charge is 0.354 e. The number of rotatable bonds is 16. The van der Waals surface area contributed by atoms with Gasteiger partial charge in [-0.15, -0.1) is 0 Å². The highest BCUT2D eigenvalue weighted by Crippen LogP contribution is 2.08. The van der Waals surface area contributed by atoms with Crippen LogP contribution in [0.2, 0.25) is 0 Å². The van der Waals surface area contributed by atoms with E-state index in [-0.39, 0.29) is 0 Å². The van der Waals surface area contributed by atoms with E-state index in [1.54, 1.807) is 0 Å². The van der Waals surface area contributed by atoms with Crippen molar-refractivity contribution < 1.29 is 0 Å². The Bertz CT molecular complexity index is 441. The van der Waals surface area contributed by atoms with Gasteiger partial charge in [-0.3, -0.25) is 4.99 Å². The van der Waals surface area contributed by atoms with Crippen molar-refractivity contribution in [2.45, 2.75) is 110 Å². The summed E-state index contributed by atoms with van der Waals surface area (Å²) in [5.41, 5.74) is 0. The van der Waals surface area contributed by atoms with Gasteiger partial charge in [0.15, 0.2) is 0 Å². The van der Waals surface area contributed by atoms with E-state index in [0.717, 1.165) is 18.4 Å². The summed E-state index contributed by atoms with van der Waals surface area (Å²) in [6.45, 7) is 6.68. The zero-order valence-electron chi connectivity index (χ0n) is 17.0. The normalized spacial score (nSPS) is 11.0.